The molecule has 1 N–H and O–H groups in total. The summed E-state index contributed by atoms with van der Waals surface area (Å²) in [6, 6.07) is 0. The summed E-state index contributed by atoms with van der Waals surface area (Å²) in [5.41, 5.74) is 0.591. The molecule has 0 radical (unpaired) electrons. The molecule has 2 saturated heterocycles. The molecule has 3 heteroatoms. The van der Waals surface area contributed by atoms with Crippen molar-refractivity contribution >= 4 is 0 Å². The van der Waals surface area contributed by atoms with Crippen LogP contribution in [0.2, 0.25) is 0 Å². The number of hydrogen-bond acceptors (Lipinski definition) is 3. The van der Waals surface area contributed by atoms with Gasteiger partial charge in [-0.15, -0.1) is 0 Å². The molecule has 0 atom stereocenters. The largest absolute Gasteiger partial charge is 0.380 e. The molecule has 2 heterocycles. The standard InChI is InChI=1S/C8H16N2O/c1-9-2-3-10-4-8(5-10)6-11-7-8/h9H,2-7H2,1H3. The fourth-order valence-electron chi connectivity index (χ4n) is 1.90. The van der Waals surface area contributed by atoms with Crippen molar-refractivity contribution in [1.29, 1.82) is 0 Å². The molecule has 0 aliphatic carbocycles. The second kappa shape index (κ2) is 2.73. The van der Waals surface area contributed by atoms with Gasteiger partial charge in [0.25, 0.3) is 0 Å². The first-order valence-electron chi connectivity index (χ1n) is 4.29. The van der Waals surface area contributed by atoms with E-state index in [9.17, 15) is 0 Å². The number of likely N-dealkylation sites (tertiary alicyclic amines) is 1. The zero-order valence-corrected chi connectivity index (χ0v) is 7.10. The molecular formula is C8H16N2O. The Balaban J connectivity index is 1.63. The van der Waals surface area contributed by atoms with Gasteiger partial charge in [0.15, 0.2) is 0 Å². The molecule has 0 aromatic carbocycles. The van der Waals surface area contributed by atoms with Gasteiger partial charge in [0.1, 0.15) is 0 Å². The molecule has 0 bridgehead atoms. The zero-order chi connectivity index (χ0) is 7.73. The monoisotopic (exact) mass is 156 g/mol. The van der Waals surface area contributed by atoms with E-state index in [-0.39, 0.29) is 0 Å². The molecule has 11 heavy (non-hydrogen) atoms. The summed E-state index contributed by atoms with van der Waals surface area (Å²) < 4.78 is 5.19. The van der Waals surface area contributed by atoms with Crippen LogP contribution in [0.1, 0.15) is 0 Å². The molecule has 3 nitrogen and oxygen atoms in total. The van der Waals surface area contributed by atoms with E-state index < -0.39 is 0 Å². The molecule has 0 aromatic heterocycles. The minimum atomic E-state index is 0.591. The predicted molar refractivity (Wildman–Crippen MR) is 43.6 cm³/mol. The minimum Gasteiger partial charge on any atom is -0.380 e. The number of rotatable bonds is 3. The van der Waals surface area contributed by atoms with E-state index >= 15 is 0 Å². The van der Waals surface area contributed by atoms with Crippen molar-refractivity contribution in [1.82, 2.24) is 10.2 Å². The fourth-order valence-corrected chi connectivity index (χ4v) is 1.90. The Kier molecular flexibility index (Phi) is 1.87. The first-order chi connectivity index (χ1) is 5.35. The molecule has 0 amide bonds. The van der Waals surface area contributed by atoms with E-state index in [1.807, 2.05) is 7.05 Å². The minimum absolute atomic E-state index is 0.591. The van der Waals surface area contributed by atoms with Crippen LogP contribution in [0, 0.1) is 5.41 Å². The van der Waals surface area contributed by atoms with Crippen LogP contribution in [0.5, 0.6) is 0 Å². The Labute approximate surface area is 67.7 Å². The van der Waals surface area contributed by atoms with Crippen LogP contribution in [-0.4, -0.2) is 51.3 Å². The fraction of sp³-hybridized carbons (Fsp3) is 1.00. The van der Waals surface area contributed by atoms with Crippen molar-refractivity contribution < 1.29 is 4.74 Å². The summed E-state index contributed by atoms with van der Waals surface area (Å²) in [6.45, 7) is 6.82. The lowest BCUT2D eigenvalue weighted by Crippen LogP contribution is -2.66. The van der Waals surface area contributed by atoms with E-state index in [1.165, 1.54) is 19.6 Å². The number of likely N-dealkylation sites (N-methyl/N-ethyl adjacent to an activating group) is 1. The molecule has 0 aromatic rings. The molecule has 0 unspecified atom stereocenters. The third-order valence-electron chi connectivity index (χ3n) is 2.61. The van der Waals surface area contributed by atoms with Gasteiger partial charge in [0.05, 0.1) is 13.2 Å². The van der Waals surface area contributed by atoms with Crippen molar-refractivity contribution in [3.8, 4) is 0 Å². The van der Waals surface area contributed by atoms with Gasteiger partial charge in [-0.2, -0.15) is 0 Å². The van der Waals surface area contributed by atoms with Crippen molar-refractivity contribution in [2.45, 2.75) is 0 Å². The highest BCUT2D eigenvalue weighted by Gasteiger charge is 2.48. The summed E-state index contributed by atoms with van der Waals surface area (Å²) in [5, 5.41) is 3.16. The van der Waals surface area contributed by atoms with Gasteiger partial charge in [0.2, 0.25) is 0 Å². The van der Waals surface area contributed by atoms with E-state index in [2.05, 4.69) is 10.2 Å². The Morgan fingerprint density at radius 2 is 2.18 bits per heavy atom. The van der Waals surface area contributed by atoms with Crippen LogP contribution in [0.4, 0.5) is 0 Å². The van der Waals surface area contributed by atoms with Gasteiger partial charge in [-0.3, -0.25) is 0 Å². The third-order valence-corrected chi connectivity index (χ3v) is 2.61. The second-order valence-electron chi connectivity index (χ2n) is 3.81. The van der Waals surface area contributed by atoms with Crippen molar-refractivity contribution in [3.63, 3.8) is 0 Å². The Morgan fingerprint density at radius 3 is 2.64 bits per heavy atom. The normalized spacial score (nSPS) is 28.1. The maximum Gasteiger partial charge on any atom is 0.0569 e. The van der Waals surface area contributed by atoms with Crippen LogP contribution in [0.15, 0.2) is 0 Å². The highest BCUT2D eigenvalue weighted by molar-refractivity contribution is 4.99. The zero-order valence-electron chi connectivity index (χ0n) is 7.10. The quantitative estimate of drug-likeness (QED) is 0.598. The second-order valence-corrected chi connectivity index (χ2v) is 3.81. The highest BCUT2D eigenvalue weighted by atomic mass is 16.5. The summed E-state index contributed by atoms with van der Waals surface area (Å²) in [4.78, 5) is 2.49. The van der Waals surface area contributed by atoms with E-state index in [0.29, 0.717) is 5.41 Å². The first kappa shape index (κ1) is 7.53. The Bertz CT molecular complexity index is 137. The molecule has 2 rings (SSSR count). The molecule has 2 aliphatic rings. The first-order valence-corrected chi connectivity index (χ1v) is 4.29. The van der Waals surface area contributed by atoms with Crippen LogP contribution < -0.4 is 5.32 Å². The molecule has 1 spiro atoms. The predicted octanol–water partition coefficient (Wildman–Crippen LogP) is -0.462. The summed E-state index contributed by atoms with van der Waals surface area (Å²) in [6.07, 6.45) is 0. The number of nitrogens with one attached hydrogen (secondary N) is 1. The average Bonchev–Trinajstić information content (AvgIpc) is 1.81. The van der Waals surface area contributed by atoms with Gasteiger partial charge in [0, 0.05) is 31.6 Å². The average molecular weight is 156 g/mol. The summed E-state index contributed by atoms with van der Waals surface area (Å²) in [5.74, 6) is 0. The maximum atomic E-state index is 5.19. The number of hydrogen-bond donors (Lipinski definition) is 1. The van der Waals surface area contributed by atoms with E-state index in [4.69, 9.17) is 4.74 Å². The molecule has 2 fully saturated rings. The lowest BCUT2D eigenvalue weighted by molar-refractivity contribution is -0.188. The topological polar surface area (TPSA) is 24.5 Å². The van der Waals surface area contributed by atoms with Crippen LogP contribution in [0.3, 0.4) is 0 Å². The van der Waals surface area contributed by atoms with Gasteiger partial charge < -0.3 is 15.0 Å². The third kappa shape index (κ3) is 1.28. The van der Waals surface area contributed by atoms with Gasteiger partial charge in [-0.05, 0) is 7.05 Å². The Morgan fingerprint density at radius 1 is 1.45 bits per heavy atom. The molecule has 2 aliphatic heterocycles. The molecule has 64 valence electrons. The smallest absolute Gasteiger partial charge is 0.0569 e. The summed E-state index contributed by atoms with van der Waals surface area (Å²) >= 11 is 0. The number of nitrogens with zero attached hydrogens (tertiary/aromatic N) is 1. The van der Waals surface area contributed by atoms with E-state index in [1.54, 1.807) is 0 Å². The molecule has 0 saturated carbocycles. The van der Waals surface area contributed by atoms with E-state index in [0.717, 1.165) is 19.8 Å². The van der Waals surface area contributed by atoms with Gasteiger partial charge >= 0.3 is 0 Å². The van der Waals surface area contributed by atoms with Crippen molar-refractivity contribution in [2.24, 2.45) is 5.41 Å². The van der Waals surface area contributed by atoms with Gasteiger partial charge in [-0.25, -0.2) is 0 Å². The van der Waals surface area contributed by atoms with Crippen molar-refractivity contribution in [3.05, 3.63) is 0 Å². The maximum absolute atomic E-state index is 5.19. The van der Waals surface area contributed by atoms with Crippen LogP contribution >= 0.6 is 0 Å². The van der Waals surface area contributed by atoms with Crippen LogP contribution in [-0.2, 0) is 4.74 Å². The van der Waals surface area contributed by atoms with Gasteiger partial charge in [-0.1, -0.05) is 0 Å². The van der Waals surface area contributed by atoms with Crippen LogP contribution in [0.25, 0.3) is 0 Å². The highest BCUT2D eigenvalue weighted by Crippen LogP contribution is 2.36. The molecular weight excluding hydrogens is 140 g/mol. The SMILES string of the molecule is CNCCN1CC2(COC2)C1. The van der Waals surface area contributed by atoms with Crippen molar-refractivity contribution in [2.75, 3.05) is 46.4 Å². The Hall–Kier alpha value is -0.120. The lowest BCUT2D eigenvalue weighted by atomic mass is 9.78. The lowest BCUT2D eigenvalue weighted by Gasteiger charge is -2.55. The summed E-state index contributed by atoms with van der Waals surface area (Å²) in [7, 11) is 2.00. The number of ether oxygens (including phenoxy) is 1.